The molecule has 0 spiro atoms. The van der Waals surface area contributed by atoms with Gasteiger partial charge in [0.15, 0.2) is 0 Å². The van der Waals surface area contributed by atoms with Crippen molar-refractivity contribution in [2.24, 2.45) is 0 Å². The first-order chi connectivity index (χ1) is 10.7. The van der Waals surface area contributed by atoms with Crippen LogP contribution in [0.1, 0.15) is 0 Å². The molecule has 1 aliphatic rings. The summed E-state index contributed by atoms with van der Waals surface area (Å²) in [5.74, 6) is 0.689. The quantitative estimate of drug-likeness (QED) is 0.335. The van der Waals surface area contributed by atoms with Crippen LogP contribution in [0.2, 0.25) is 0 Å². The van der Waals surface area contributed by atoms with E-state index in [2.05, 4.69) is 13.2 Å². The second-order valence-corrected chi connectivity index (χ2v) is 6.40. The van der Waals surface area contributed by atoms with E-state index in [9.17, 15) is 9.59 Å². The van der Waals surface area contributed by atoms with Gasteiger partial charge >= 0.3 is 11.9 Å². The van der Waals surface area contributed by atoms with Crippen LogP contribution in [-0.4, -0.2) is 60.7 Å². The summed E-state index contributed by atoms with van der Waals surface area (Å²) in [5, 5.41) is 0. The highest BCUT2D eigenvalue weighted by Gasteiger charge is 2.23. The zero-order valence-electron chi connectivity index (χ0n) is 12.2. The first-order valence-corrected chi connectivity index (χ1v) is 8.80. The summed E-state index contributed by atoms with van der Waals surface area (Å²) >= 11 is 3.30. The van der Waals surface area contributed by atoms with E-state index in [0.717, 1.165) is 23.7 Å². The fraction of sp³-hybridized carbons (Fsp3) is 0.571. The van der Waals surface area contributed by atoms with Crippen LogP contribution >= 0.6 is 23.5 Å². The highest BCUT2D eigenvalue weighted by molar-refractivity contribution is 8.06. The lowest BCUT2D eigenvalue weighted by molar-refractivity contribution is -0.140. The van der Waals surface area contributed by atoms with Crippen LogP contribution < -0.4 is 0 Å². The van der Waals surface area contributed by atoms with Crippen molar-refractivity contribution < 1.29 is 28.5 Å². The van der Waals surface area contributed by atoms with Crippen LogP contribution in [0.5, 0.6) is 0 Å². The Bertz CT molecular complexity index is 344. The highest BCUT2D eigenvalue weighted by atomic mass is 32.2. The summed E-state index contributed by atoms with van der Waals surface area (Å²) in [6, 6.07) is 0. The van der Waals surface area contributed by atoms with Crippen molar-refractivity contribution in [2.45, 2.75) is 10.9 Å². The van der Waals surface area contributed by atoms with E-state index in [1.165, 1.54) is 0 Å². The van der Waals surface area contributed by atoms with Crippen molar-refractivity contribution in [3.63, 3.8) is 0 Å². The van der Waals surface area contributed by atoms with Gasteiger partial charge in [-0.15, -0.1) is 23.5 Å². The van der Waals surface area contributed by atoms with E-state index in [-0.39, 0.29) is 24.1 Å². The van der Waals surface area contributed by atoms with Crippen molar-refractivity contribution in [3.8, 4) is 0 Å². The molecular weight excluding hydrogens is 328 g/mol. The third kappa shape index (κ3) is 8.47. The molecule has 0 aromatic carbocycles. The molecule has 1 fully saturated rings. The lowest BCUT2D eigenvalue weighted by atomic mass is 10.6. The predicted octanol–water partition coefficient (Wildman–Crippen LogP) is 1.61. The molecule has 0 radical (unpaired) electrons. The van der Waals surface area contributed by atoms with E-state index in [1.54, 1.807) is 23.5 Å². The number of hydrogen-bond acceptors (Lipinski definition) is 8. The monoisotopic (exact) mass is 348 g/mol. The fourth-order valence-electron chi connectivity index (χ4n) is 1.42. The summed E-state index contributed by atoms with van der Waals surface area (Å²) in [5.41, 5.74) is 0.122. The molecule has 124 valence electrons. The molecule has 0 bridgehead atoms. The van der Waals surface area contributed by atoms with Gasteiger partial charge in [-0.25, -0.2) is 9.59 Å². The lowest BCUT2D eigenvalue weighted by Crippen LogP contribution is -2.27. The predicted molar refractivity (Wildman–Crippen MR) is 86.7 cm³/mol. The Balaban J connectivity index is 2.01. The topological polar surface area (TPSA) is 71.1 Å². The molecule has 0 N–H and O–H groups in total. The molecule has 22 heavy (non-hydrogen) atoms. The molecule has 1 saturated heterocycles. The van der Waals surface area contributed by atoms with E-state index in [1.807, 2.05) is 0 Å². The molecule has 1 heterocycles. The van der Waals surface area contributed by atoms with Gasteiger partial charge in [-0.05, 0) is 0 Å². The number of ether oxygens (including phenoxy) is 4. The average molecular weight is 348 g/mol. The maximum absolute atomic E-state index is 10.8. The van der Waals surface area contributed by atoms with Crippen LogP contribution in [-0.2, 0) is 28.5 Å². The molecule has 6 nitrogen and oxygen atoms in total. The Morgan fingerprint density at radius 2 is 1.27 bits per heavy atom. The number of carbonyl (C=O) groups excluding carboxylic acids is 2. The zero-order valence-corrected chi connectivity index (χ0v) is 13.9. The van der Waals surface area contributed by atoms with Crippen molar-refractivity contribution in [2.75, 3.05) is 37.9 Å². The summed E-state index contributed by atoms with van der Waals surface area (Å²) in [4.78, 5) is 21.7. The Morgan fingerprint density at radius 3 is 1.59 bits per heavy atom. The Labute approximate surface area is 138 Å². The van der Waals surface area contributed by atoms with Crippen LogP contribution in [0.3, 0.4) is 0 Å². The highest BCUT2D eigenvalue weighted by Crippen LogP contribution is 2.31. The summed E-state index contributed by atoms with van der Waals surface area (Å²) in [6.07, 6.45) is 2.25. The maximum Gasteiger partial charge on any atom is 0.330 e. The van der Waals surface area contributed by atoms with Crippen LogP contribution in [0.4, 0.5) is 0 Å². The minimum Gasteiger partial charge on any atom is -0.460 e. The molecule has 0 saturated carbocycles. The SMILES string of the molecule is C=CC(=O)OCCOC1CSC(OCCOC(=O)C=C)CS1. The van der Waals surface area contributed by atoms with E-state index in [0.29, 0.717) is 13.2 Å². The van der Waals surface area contributed by atoms with Gasteiger partial charge in [-0.3, -0.25) is 0 Å². The Hall–Kier alpha value is -0.960. The molecule has 2 atom stereocenters. The summed E-state index contributed by atoms with van der Waals surface area (Å²) < 4.78 is 20.8. The number of rotatable bonds is 10. The maximum atomic E-state index is 10.8. The first kappa shape index (κ1) is 19.1. The van der Waals surface area contributed by atoms with Crippen molar-refractivity contribution in [1.82, 2.24) is 0 Å². The number of thioether (sulfide) groups is 2. The van der Waals surface area contributed by atoms with Crippen molar-refractivity contribution in [3.05, 3.63) is 25.3 Å². The van der Waals surface area contributed by atoms with Gasteiger partial charge in [-0.1, -0.05) is 13.2 Å². The molecular formula is C14H20O6S2. The molecule has 1 rings (SSSR count). The molecule has 1 aliphatic heterocycles. The number of esters is 2. The third-order valence-electron chi connectivity index (χ3n) is 2.43. The second-order valence-electron chi connectivity index (χ2n) is 4.01. The van der Waals surface area contributed by atoms with Crippen molar-refractivity contribution >= 4 is 35.5 Å². The molecule has 2 unspecified atom stereocenters. The van der Waals surface area contributed by atoms with Gasteiger partial charge in [0.2, 0.25) is 0 Å². The normalized spacial score (nSPS) is 20.9. The molecule has 0 aromatic heterocycles. The fourth-order valence-corrected chi connectivity index (χ4v) is 3.98. The van der Waals surface area contributed by atoms with Gasteiger partial charge in [0.1, 0.15) is 24.1 Å². The molecule has 0 aromatic rings. The standard InChI is InChI=1S/C14H20O6S2/c1-3-11(15)17-5-7-19-13-9-22-14(10-21-13)20-8-6-18-12(16)4-2/h3-4,13-14H,1-2,5-10H2. The van der Waals surface area contributed by atoms with E-state index < -0.39 is 11.9 Å². The van der Waals surface area contributed by atoms with Gasteiger partial charge < -0.3 is 18.9 Å². The lowest BCUT2D eigenvalue weighted by Gasteiger charge is -2.27. The molecule has 8 heteroatoms. The molecule has 0 aliphatic carbocycles. The minimum absolute atomic E-state index is 0.0610. The molecule has 0 amide bonds. The summed E-state index contributed by atoms with van der Waals surface area (Å²) in [7, 11) is 0. The van der Waals surface area contributed by atoms with Crippen LogP contribution in [0.25, 0.3) is 0 Å². The van der Waals surface area contributed by atoms with Gasteiger partial charge in [-0.2, -0.15) is 0 Å². The largest absolute Gasteiger partial charge is 0.460 e. The van der Waals surface area contributed by atoms with Crippen LogP contribution in [0, 0.1) is 0 Å². The van der Waals surface area contributed by atoms with Crippen molar-refractivity contribution in [1.29, 1.82) is 0 Å². The van der Waals surface area contributed by atoms with E-state index in [4.69, 9.17) is 18.9 Å². The first-order valence-electron chi connectivity index (χ1n) is 6.70. The zero-order chi connectivity index (χ0) is 16.2. The number of carbonyl (C=O) groups is 2. The third-order valence-corrected chi connectivity index (χ3v) is 5.19. The van der Waals surface area contributed by atoms with Gasteiger partial charge in [0, 0.05) is 23.7 Å². The van der Waals surface area contributed by atoms with Gasteiger partial charge in [0.05, 0.1) is 13.2 Å². The van der Waals surface area contributed by atoms with Gasteiger partial charge in [0.25, 0.3) is 0 Å². The minimum atomic E-state index is -0.445. The Morgan fingerprint density at radius 1 is 0.864 bits per heavy atom. The van der Waals surface area contributed by atoms with E-state index >= 15 is 0 Å². The number of hydrogen-bond donors (Lipinski definition) is 0. The average Bonchev–Trinajstić information content (AvgIpc) is 2.56. The smallest absolute Gasteiger partial charge is 0.330 e. The van der Waals surface area contributed by atoms with Crippen LogP contribution in [0.15, 0.2) is 25.3 Å². The Kier molecular flexibility index (Phi) is 10.1. The second kappa shape index (κ2) is 11.6. The summed E-state index contributed by atoms with van der Waals surface area (Å²) in [6.45, 7) is 7.80.